The number of carbonyl (C=O) groups excluding carboxylic acids is 1. The number of nitrogens with two attached hydrogens (primary N) is 1. The van der Waals surface area contributed by atoms with E-state index in [2.05, 4.69) is 10.6 Å². The maximum atomic E-state index is 11.7. The lowest BCUT2D eigenvalue weighted by Crippen LogP contribution is -2.41. The van der Waals surface area contributed by atoms with Crippen molar-refractivity contribution in [2.45, 2.75) is 32.9 Å². The lowest BCUT2D eigenvalue weighted by molar-refractivity contribution is -0.122. The molecule has 4 N–H and O–H groups in total. The van der Waals surface area contributed by atoms with Crippen molar-refractivity contribution in [3.05, 3.63) is 23.8 Å². The summed E-state index contributed by atoms with van der Waals surface area (Å²) < 4.78 is 0. The van der Waals surface area contributed by atoms with Crippen LogP contribution in [0.3, 0.4) is 0 Å². The summed E-state index contributed by atoms with van der Waals surface area (Å²) >= 11 is 0. The van der Waals surface area contributed by atoms with Crippen molar-refractivity contribution in [2.75, 3.05) is 11.1 Å². The first-order valence-corrected chi connectivity index (χ1v) is 5.80. The van der Waals surface area contributed by atoms with Gasteiger partial charge in [0.2, 0.25) is 5.91 Å². The van der Waals surface area contributed by atoms with Gasteiger partial charge in [-0.3, -0.25) is 4.79 Å². The van der Waals surface area contributed by atoms with Crippen molar-refractivity contribution in [1.29, 1.82) is 5.26 Å². The summed E-state index contributed by atoms with van der Waals surface area (Å²) in [5.74, 6) is -0.106. The van der Waals surface area contributed by atoms with Crippen LogP contribution >= 0.6 is 0 Å². The van der Waals surface area contributed by atoms with Crippen LogP contribution in [0.15, 0.2) is 18.2 Å². The van der Waals surface area contributed by atoms with Crippen molar-refractivity contribution in [3.63, 3.8) is 0 Å². The monoisotopic (exact) mass is 246 g/mol. The van der Waals surface area contributed by atoms with Crippen LogP contribution in [-0.2, 0) is 4.79 Å². The van der Waals surface area contributed by atoms with Crippen LogP contribution in [0.4, 0.5) is 11.4 Å². The number of benzene rings is 1. The molecule has 0 aliphatic rings. The summed E-state index contributed by atoms with van der Waals surface area (Å²) in [5, 5.41) is 14.8. The molecule has 1 aromatic carbocycles. The number of amides is 1. The van der Waals surface area contributed by atoms with Gasteiger partial charge in [-0.2, -0.15) is 5.26 Å². The van der Waals surface area contributed by atoms with Gasteiger partial charge >= 0.3 is 0 Å². The summed E-state index contributed by atoms with van der Waals surface area (Å²) in [6.07, 6.45) is 0. The fourth-order valence-electron chi connectivity index (χ4n) is 1.49. The van der Waals surface area contributed by atoms with Gasteiger partial charge in [-0.1, -0.05) is 0 Å². The van der Waals surface area contributed by atoms with E-state index in [0.29, 0.717) is 16.9 Å². The number of nitrogen functional groups attached to an aromatic ring is 1. The molecule has 0 aromatic heterocycles. The van der Waals surface area contributed by atoms with Crippen LogP contribution in [0.5, 0.6) is 0 Å². The first kappa shape index (κ1) is 13.8. The number of anilines is 2. The van der Waals surface area contributed by atoms with E-state index in [1.807, 2.05) is 19.9 Å². The molecular formula is C13H18N4O. The summed E-state index contributed by atoms with van der Waals surface area (Å²) in [6, 6.07) is 6.69. The van der Waals surface area contributed by atoms with E-state index in [-0.39, 0.29) is 11.9 Å². The van der Waals surface area contributed by atoms with Crippen molar-refractivity contribution in [1.82, 2.24) is 5.32 Å². The predicted octanol–water partition coefficient (Wildman–Crippen LogP) is 1.47. The highest BCUT2D eigenvalue weighted by atomic mass is 16.2. The summed E-state index contributed by atoms with van der Waals surface area (Å²) in [6.45, 7) is 5.54. The molecule has 0 saturated carbocycles. The highest BCUT2D eigenvalue weighted by Crippen LogP contribution is 2.18. The third-order valence-corrected chi connectivity index (χ3v) is 2.36. The quantitative estimate of drug-likeness (QED) is 0.701. The number of hydrogen-bond acceptors (Lipinski definition) is 4. The van der Waals surface area contributed by atoms with Crippen LogP contribution in [0, 0.1) is 11.3 Å². The van der Waals surface area contributed by atoms with Gasteiger partial charge < -0.3 is 16.4 Å². The summed E-state index contributed by atoms with van der Waals surface area (Å²) in [7, 11) is 0. The number of nitrogens with zero attached hydrogens (tertiary/aromatic N) is 1. The highest BCUT2D eigenvalue weighted by Gasteiger charge is 2.14. The van der Waals surface area contributed by atoms with E-state index < -0.39 is 6.04 Å². The number of nitriles is 1. The molecule has 1 atom stereocenters. The Kier molecular flexibility index (Phi) is 4.55. The van der Waals surface area contributed by atoms with Crippen molar-refractivity contribution in [2.24, 2.45) is 0 Å². The highest BCUT2D eigenvalue weighted by molar-refractivity contribution is 5.85. The van der Waals surface area contributed by atoms with E-state index in [4.69, 9.17) is 11.0 Å². The number of rotatable bonds is 4. The van der Waals surface area contributed by atoms with Crippen molar-refractivity contribution >= 4 is 17.3 Å². The van der Waals surface area contributed by atoms with Gasteiger partial charge in [-0.25, -0.2) is 0 Å². The Morgan fingerprint density at radius 2 is 2.06 bits per heavy atom. The Balaban J connectivity index is 2.79. The molecule has 1 aromatic rings. The Morgan fingerprint density at radius 1 is 1.39 bits per heavy atom. The van der Waals surface area contributed by atoms with E-state index in [0.717, 1.165) is 0 Å². The van der Waals surface area contributed by atoms with Gasteiger partial charge in [-0.15, -0.1) is 0 Å². The first-order valence-electron chi connectivity index (χ1n) is 5.80. The Hall–Kier alpha value is -2.22. The molecule has 5 nitrogen and oxygen atoms in total. The zero-order chi connectivity index (χ0) is 13.7. The number of carbonyl (C=O) groups is 1. The predicted molar refractivity (Wildman–Crippen MR) is 71.9 cm³/mol. The minimum Gasteiger partial charge on any atom is -0.399 e. The van der Waals surface area contributed by atoms with E-state index in [1.165, 1.54) is 0 Å². The average molecular weight is 246 g/mol. The van der Waals surface area contributed by atoms with Crippen molar-refractivity contribution < 1.29 is 4.79 Å². The molecule has 1 unspecified atom stereocenters. The standard InChI is InChI=1S/C13H18N4O/c1-8(2)16-13(18)9(3)17-12-5-4-11(15)6-10(12)7-14/h4-6,8-9,17H,15H2,1-3H3,(H,16,18). The smallest absolute Gasteiger partial charge is 0.242 e. The fourth-order valence-corrected chi connectivity index (χ4v) is 1.49. The van der Waals surface area contributed by atoms with Crippen LogP contribution in [-0.4, -0.2) is 18.0 Å². The van der Waals surface area contributed by atoms with Gasteiger partial charge in [0.15, 0.2) is 0 Å². The lowest BCUT2D eigenvalue weighted by Gasteiger charge is -2.17. The zero-order valence-corrected chi connectivity index (χ0v) is 10.8. The fraction of sp³-hybridized carbons (Fsp3) is 0.385. The van der Waals surface area contributed by atoms with Gasteiger partial charge in [0.05, 0.1) is 11.3 Å². The molecule has 18 heavy (non-hydrogen) atoms. The molecule has 0 saturated heterocycles. The summed E-state index contributed by atoms with van der Waals surface area (Å²) in [4.78, 5) is 11.7. The van der Waals surface area contributed by atoms with E-state index in [1.54, 1.807) is 25.1 Å². The maximum Gasteiger partial charge on any atom is 0.242 e. The normalized spacial score (nSPS) is 11.7. The molecular weight excluding hydrogens is 228 g/mol. The second kappa shape index (κ2) is 5.92. The number of hydrogen-bond donors (Lipinski definition) is 3. The molecule has 0 aliphatic heterocycles. The van der Waals surface area contributed by atoms with E-state index >= 15 is 0 Å². The van der Waals surface area contributed by atoms with Crippen LogP contribution in [0.2, 0.25) is 0 Å². The van der Waals surface area contributed by atoms with Gasteiger partial charge in [0.25, 0.3) is 0 Å². The van der Waals surface area contributed by atoms with Gasteiger partial charge in [-0.05, 0) is 39.0 Å². The molecule has 0 radical (unpaired) electrons. The molecule has 1 amide bonds. The zero-order valence-electron chi connectivity index (χ0n) is 10.8. The second-order valence-corrected chi connectivity index (χ2v) is 4.45. The molecule has 0 heterocycles. The molecule has 0 fully saturated rings. The van der Waals surface area contributed by atoms with Crippen LogP contribution < -0.4 is 16.4 Å². The lowest BCUT2D eigenvalue weighted by atomic mass is 10.1. The van der Waals surface area contributed by atoms with Crippen molar-refractivity contribution in [3.8, 4) is 6.07 Å². The van der Waals surface area contributed by atoms with Gasteiger partial charge in [0, 0.05) is 11.7 Å². The molecule has 0 aliphatic carbocycles. The topological polar surface area (TPSA) is 90.9 Å². The minimum atomic E-state index is -0.414. The molecule has 96 valence electrons. The Bertz CT molecular complexity index is 476. The molecule has 0 spiro atoms. The minimum absolute atomic E-state index is 0.0867. The SMILES string of the molecule is CC(C)NC(=O)C(C)Nc1ccc(N)cc1C#N. The Labute approximate surface area is 107 Å². The molecule has 0 bridgehead atoms. The third-order valence-electron chi connectivity index (χ3n) is 2.36. The Morgan fingerprint density at radius 3 is 2.61 bits per heavy atom. The average Bonchev–Trinajstić information content (AvgIpc) is 2.30. The van der Waals surface area contributed by atoms with Gasteiger partial charge in [0.1, 0.15) is 12.1 Å². The maximum absolute atomic E-state index is 11.7. The largest absolute Gasteiger partial charge is 0.399 e. The van der Waals surface area contributed by atoms with Crippen LogP contribution in [0.1, 0.15) is 26.3 Å². The first-order chi connectivity index (χ1) is 8.43. The molecule has 5 heteroatoms. The molecule has 1 rings (SSSR count). The van der Waals surface area contributed by atoms with Crippen LogP contribution in [0.25, 0.3) is 0 Å². The second-order valence-electron chi connectivity index (χ2n) is 4.45. The summed E-state index contributed by atoms with van der Waals surface area (Å²) in [5.41, 5.74) is 7.16. The van der Waals surface area contributed by atoms with E-state index in [9.17, 15) is 4.79 Å². The third kappa shape index (κ3) is 3.67. The number of nitrogens with one attached hydrogen (secondary N) is 2.